The van der Waals surface area contributed by atoms with Crippen LogP contribution in [0, 0.1) is 10.1 Å². The Labute approximate surface area is 82.7 Å². The van der Waals surface area contributed by atoms with Crippen molar-refractivity contribution < 1.29 is 18.1 Å². The van der Waals surface area contributed by atoms with E-state index in [1.165, 1.54) is 12.1 Å². The first-order valence-corrected chi connectivity index (χ1v) is 3.89. The number of nitrogens with two attached hydrogens (primary N) is 1. The number of hydrogen-bond acceptors (Lipinski definition) is 3. The van der Waals surface area contributed by atoms with E-state index in [0.29, 0.717) is 0 Å². The Kier molecular flexibility index (Phi) is 2.94. The van der Waals surface area contributed by atoms with Gasteiger partial charge in [-0.2, -0.15) is 13.2 Å². The second kappa shape index (κ2) is 3.85. The average Bonchev–Trinajstić information content (AvgIpc) is 2.15. The molecule has 15 heavy (non-hydrogen) atoms. The van der Waals surface area contributed by atoms with E-state index >= 15 is 0 Å². The van der Waals surface area contributed by atoms with Gasteiger partial charge in [0.1, 0.15) is 6.04 Å². The Balaban J connectivity index is 3.19. The SMILES string of the molecule is N[C@@H](c1ccccc1[N+](=O)[O-])C(F)(F)F. The Hall–Kier alpha value is -1.63. The lowest BCUT2D eigenvalue weighted by molar-refractivity contribution is -0.386. The lowest BCUT2D eigenvalue weighted by Gasteiger charge is -2.15. The van der Waals surface area contributed by atoms with E-state index in [9.17, 15) is 23.3 Å². The lowest BCUT2D eigenvalue weighted by atomic mass is 10.1. The maximum atomic E-state index is 12.2. The molecular formula is C8H7F3N2O2. The number of alkyl halides is 3. The predicted molar refractivity (Wildman–Crippen MR) is 46.1 cm³/mol. The zero-order valence-corrected chi connectivity index (χ0v) is 7.36. The van der Waals surface area contributed by atoms with Gasteiger partial charge in [-0.1, -0.05) is 18.2 Å². The molecule has 1 aromatic rings. The van der Waals surface area contributed by atoms with Crippen molar-refractivity contribution in [3.63, 3.8) is 0 Å². The number of nitro groups is 1. The molecule has 82 valence electrons. The second-order valence-electron chi connectivity index (χ2n) is 2.84. The van der Waals surface area contributed by atoms with Crippen LogP contribution >= 0.6 is 0 Å². The average molecular weight is 220 g/mol. The second-order valence-corrected chi connectivity index (χ2v) is 2.84. The summed E-state index contributed by atoms with van der Waals surface area (Å²) in [6.45, 7) is 0. The molecule has 7 heteroatoms. The van der Waals surface area contributed by atoms with Crippen molar-refractivity contribution in [1.29, 1.82) is 0 Å². The van der Waals surface area contributed by atoms with Gasteiger partial charge in [-0.05, 0) is 0 Å². The van der Waals surface area contributed by atoms with Crippen molar-refractivity contribution in [1.82, 2.24) is 0 Å². The molecule has 0 fully saturated rings. The van der Waals surface area contributed by atoms with Gasteiger partial charge >= 0.3 is 6.18 Å². The van der Waals surface area contributed by atoms with Gasteiger partial charge in [-0.15, -0.1) is 0 Å². The van der Waals surface area contributed by atoms with Crippen molar-refractivity contribution in [3.05, 3.63) is 39.9 Å². The maximum absolute atomic E-state index is 12.2. The molecule has 1 aromatic carbocycles. The summed E-state index contributed by atoms with van der Waals surface area (Å²) in [5, 5.41) is 10.4. The first kappa shape index (κ1) is 11.4. The molecule has 0 radical (unpaired) electrons. The van der Waals surface area contributed by atoms with Gasteiger partial charge in [0.2, 0.25) is 0 Å². The summed E-state index contributed by atoms with van der Waals surface area (Å²) in [6, 6.07) is 2.20. The molecule has 0 heterocycles. The van der Waals surface area contributed by atoms with E-state index in [1.807, 2.05) is 0 Å². The highest BCUT2D eigenvalue weighted by Gasteiger charge is 2.40. The molecule has 0 aliphatic heterocycles. The molecule has 2 N–H and O–H groups in total. The summed E-state index contributed by atoms with van der Waals surface area (Å²) in [5.41, 5.74) is 3.73. The molecule has 1 rings (SSSR count). The molecule has 0 unspecified atom stereocenters. The van der Waals surface area contributed by atoms with Crippen molar-refractivity contribution in [2.45, 2.75) is 12.2 Å². The summed E-state index contributed by atoms with van der Waals surface area (Å²) >= 11 is 0. The minimum Gasteiger partial charge on any atom is -0.316 e. The van der Waals surface area contributed by atoms with Gasteiger partial charge in [-0.25, -0.2) is 0 Å². The van der Waals surface area contributed by atoms with Crippen molar-refractivity contribution in [3.8, 4) is 0 Å². The number of hydrogen-bond donors (Lipinski definition) is 1. The first-order valence-electron chi connectivity index (χ1n) is 3.89. The van der Waals surface area contributed by atoms with Crippen molar-refractivity contribution in [2.75, 3.05) is 0 Å². The van der Waals surface area contributed by atoms with Crippen LogP contribution in [-0.4, -0.2) is 11.1 Å². The quantitative estimate of drug-likeness (QED) is 0.613. The van der Waals surface area contributed by atoms with Crippen molar-refractivity contribution >= 4 is 5.69 Å². The zero-order chi connectivity index (χ0) is 11.6. The third kappa shape index (κ3) is 2.44. The Morgan fingerprint density at radius 3 is 2.33 bits per heavy atom. The third-order valence-corrected chi connectivity index (χ3v) is 1.82. The summed E-state index contributed by atoms with van der Waals surface area (Å²) in [4.78, 5) is 9.55. The van der Waals surface area contributed by atoms with E-state index in [2.05, 4.69) is 0 Å². The Morgan fingerprint density at radius 1 is 1.33 bits per heavy atom. The minimum atomic E-state index is -4.69. The molecule has 0 saturated heterocycles. The fourth-order valence-corrected chi connectivity index (χ4v) is 1.09. The van der Waals surface area contributed by atoms with E-state index in [-0.39, 0.29) is 0 Å². The lowest BCUT2D eigenvalue weighted by Crippen LogP contribution is -2.29. The summed E-state index contributed by atoms with van der Waals surface area (Å²) in [5.74, 6) is 0. The summed E-state index contributed by atoms with van der Waals surface area (Å²) in [6.07, 6.45) is -4.69. The largest absolute Gasteiger partial charge is 0.407 e. The number of halogens is 3. The zero-order valence-electron chi connectivity index (χ0n) is 7.36. The molecular weight excluding hydrogens is 213 g/mol. The number of rotatable bonds is 2. The third-order valence-electron chi connectivity index (χ3n) is 1.82. The Bertz CT molecular complexity index is 378. The van der Waals surface area contributed by atoms with E-state index in [0.717, 1.165) is 12.1 Å². The van der Waals surface area contributed by atoms with Gasteiger partial charge in [0.25, 0.3) is 5.69 Å². The van der Waals surface area contributed by atoms with Gasteiger partial charge in [0.05, 0.1) is 10.5 Å². The maximum Gasteiger partial charge on any atom is 0.407 e. The summed E-state index contributed by atoms with van der Waals surface area (Å²) in [7, 11) is 0. The van der Waals surface area contributed by atoms with Gasteiger partial charge in [-0.3, -0.25) is 10.1 Å². The van der Waals surface area contributed by atoms with Crippen molar-refractivity contribution in [2.24, 2.45) is 5.73 Å². The molecule has 0 saturated carbocycles. The van der Waals surface area contributed by atoms with Crippen LogP contribution in [0.15, 0.2) is 24.3 Å². The Morgan fingerprint density at radius 2 is 1.87 bits per heavy atom. The molecule has 0 aliphatic rings. The standard InChI is InChI=1S/C8H7F3N2O2/c9-8(10,11)7(12)5-3-1-2-4-6(5)13(14)15/h1-4,7H,12H2/t7-/m0/s1. The highest BCUT2D eigenvalue weighted by molar-refractivity contribution is 5.42. The van der Waals surface area contributed by atoms with E-state index < -0.39 is 28.4 Å². The summed E-state index contributed by atoms with van der Waals surface area (Å²) < 4.78 is 36.7. The minimum absolute atomic E-state index is 0.532. The molecule has 0 aromatic heterocycles. The van der Waals surface area contributed by atoms with Crippen LogP contribution in [0.4, 0.5) is 18.9 Å². The topological polar surface area (TPSA) is 69.2 Å². The van der Waals surface area contributed by atoms with Crippen LogP contribution in [0.5, 0.6) is 0 Å². The monoisotopic (exact) mass is 220 g/mol. The smallest absolute Gasteiger partial charge is 0.316 e. The molecule has 0 aliphatic carbocycles. The number of benzene rings is 1. The van der Waals surface area contributed by atoms with Crippen LogP contribution in [-0.2, 0) is 0 Å². The highest BCUT2D eigenvalue weighted by atomic mass is 19.4. The van der Waals surface area contributed by atoms with Gasteiger partial charge < -0.3 is 5.73 Å². The fourth-order valence-electron chi connectivity index (χ4n) is 1.09. The highest BCUT2D eigenvalue weighted by Crippen LogP contribution is 2.34. The molecule has 0 spiro atoms. The van der Waals surface area contributed by atoms with E-state index in [4.69, 9.17) is 5.73 Å². The van der Waals surface area contributed by atoms with E-state index in [1.54, 1.807) is 0 Å². The fraction of sp³-hybridized carbons (Fsp3) is 0.250. The molecule has 4 nitrogen and oxygen atoms in total. The van der Waals surface area contributed by atoms with Crippen LogP contribution in [0.25, 0.3) is 0 Å². The van der Waals surface area contributed by atoms with Crippen LogP contribution in [0.3, 0.4) is 0 Å². The van der Waals surface area contributed by atoms with Gasteiger partial charge in [0.15, 0.2) is 0 Å². The molecule has 1 atom stereocenters. The van der Waals surface area contributed by atoms with Crippen LogP contribution in [0.2, 0.25) is 0 Å². The molecule has 0 bridgehead atoms. The predicted octanol–water partition coefficient (Wildman–Crippen LogP) is 2.16. The number of para-hydroxylation sites is 1. The first-order chi connectivity index (χ1) is 6.84. The number of nitro benzene ring substituents is 1. The van der Waals surface area contributed by atoms with Crippen LogP contribution in [0.1, 0.15) is 11.6 Å². The van der Waals surface area contributed by atoms with Gasteiger partial charge in [0, 0.05) is 6.07 Å². The number of nitrogens with zero attached hydrogens (tertiary/aromatic N) is 1. The normalized spacial score (nSPS) is 13.6. The molecule has 0 amide bonds. The van der Waals surface area contributed by atoms with Crippen LogP contribution < -0.4 is 5.73 Å².